The molecule has 41 heavy (non-hydrogen) atoms. The van der Waals surface area contributed by atoms with Gasteiger partial charge in [-0.2, -0.15) is 5.26 Å². The lowest BCUT2D eigenvalue weighted by atomic mass is 9.94. The van der Waals surface area contributed by atoms with Crippen molar-refractivity contribution in [3.05, 3.63) is 77.4 Å². The van der Waals surface area contributed by atoms with Gasteiger partial charge in [-0.25, -0.2) is 4.79 Å². The number of benzene rings is 3. The molecule has 0 aliphatic carbocycles. The summed E-state index contributed by atoms with van der Waals surface area (Å²) in [5.74, 6) is -2.27. The zero-order valence-corrected chi connectivity index (χ0v) is 23.9. The molecule has 0 aliphatic heterocycles. The lowest BCUT2D eigenvalue weighted by Gasteiger charge is -2.33. The Labute approximate surface area is 239 Å². The third-order valence-electron chi connectivity index (χ3n) is 6.44. The first-order chi connectivity index (χ1) is 19.3. The van der Waals surface area contributed by atoms with Gasteiger partial charge in [0.05, 0.1) is 12.5 Å². The number of nitrogens with one attached hydrogen (secondary N) is 2. The van der Waals surface area contributed by atoms with Crippen molar-refractivity contribution in [2.45, 2.75) is 58.7 Å². The van der Waals surface area contributed by atoms with Gasteiger partial charge < -0.3 is 26.0 Å². The number of nitriles is 1. The summed E-state index contributed by atoms with van der Waals surface area (Å²) < 4.78 is 5.26. The van der Waals surface area contributed by atoms with Crippen LogP contribution >= 0.6 is 0 Å². The van der Waals surface area contributed by atoms with Crippen molar-refractivity contribution in [3.8, 4) is 6.07 Å². The van der Waals surface area contributed by atoms with Crippen molar-refractivity contribution >= 4 is 40.3 Å². The van der Waals surface area contributed by atoms with Gasteiger partial charge in [-0.1, -0.05) is 48.5 Å². The highest BCUT2D eigenvalue weighted by molar-refractivity contribution is 6.01. The van der Waals surface area contributed by atoms with Crippen LogP contribution in [0.1, 0.15) is 49.9 Å². The minimum absolute atomic E-state index is 0.488. The standard InChI is InChI=1S/C31H35N5O5/c1-19-9-8-12-24(20(19)2)27(28(38)34-23-14-13-21-10-6-7-11-22(21)17-23)36(16-15-32)29(39)25(18-26(33)37)35-30(40)41-31(3,4)5/h6-14,17,25,27H,16,18H2,1-5H3,(H2,33,37)(H,34,38)(H,35,40). The second kappa shape index (κ2) is 13.0. The lowest BCUT2D eigenvalue weighted by Crippen LogP contribution is -2.53. The van der Waals surface area contributed by atoms with E-state index >= 15 is 0 Å². The molecule has 3 aromatic carbocycles. The number of rotatable bonds is 9. The van der Waals surface area contributed by atoms with Crippen LogP contribution in [0, 0.1) is 25.2 Å². The minimum atomic E-state index is -1.48. The van der Waals surface area contributed by atoms with Crippen molar-refractivity contribution in [3.63, 3.8) is 0 Å². The molecule has 10 heteroatoms. The number of hydrogen-bond acceptors (Lipinski definition) is 6. The molecule has 0 radical (unpaired) electrons. The molecule has 3 rings (SSSR count). The van der Waals surface area contributed by atoms with E-state index in [0.717, 1.165) is 26.8 Å². The quantitative estimate of drug-likeness (QED) is 0.334. The number of nitrogens with zero attached hydrogens (tertiary/aromatic N) is 2. The second-order valence-electron chi connectivity index (χ2n) is 10.7. The van der Waals surface area contributed by atoms with Crippen LogP contribution in [0.15, 0.2) is 60.7 Å². The molecular formula is C31H35N5O5. The third-order valence-corrected chi connectivity index (χ3v) is 6.44. The van der Waals surface area contributed by atoms with Crippen LogP contribution in [0.3, 0.4) is 0 Å². The molecule has 0 saturated carbocycles. The normalized spacial score (nSPS) is 12.5. The first kappa shape index (κ1) is 30.6. The van der Waals surface area contributed by atoms with Gasteiger partial charge in [0, 0.05) is 5.69 Å². The average molecular weight is 558 g/mol. The number of nitrogens with two attached hydrogens (primary N) is 1. The predicted octanol–water partition coefficient (Wildman–Crippen LogP) is 4.26. The summed E-state index contributed by atoms with van der Waals surface area (Å²) in [5, 5.41) is 16.9. The van der Waals surface area contributed by atoms with Crippen LogP contribution in [0.2, 0.25) is 0 Å². The molecule has 4 amide bonds. The fourth-order valence-electron chi connectivity index (χ4n) is 4.42. The molecule has 0 aromatic heterocycles. The molecule has 0 spiro atoms. The number of anilines is 1. The molecule has 10 nitrogen and oxygen atoms in total. The molecule has 0 heterocycles. The van der Waals surface area contributed by atoms with Gasteiger partial charge in [0.1, 0.15) is 24.2 Å². The predicted molar refractivity (Wildman–Crippen MR) is 156 cm³/mol. The number of fused-ring (bicyclic) bond motifs is 1. The van der Waals surface area contributed by atoms with E-state index in [1.807, 2.05) is 62.4 Å². The Morgan fingerprint density at radius 2 is 1.68 bits per heavy atom. The lowest BCUT2D eigenvalue weighted by molar-refractivity contribution is -0.141. The number of aryl methyl sites for hydroxylation is 1. The van der Waals surface area contributed by atoms with Crippen molar-refractivity contribution in [2.24, 2.45) is 5.73 Å². The Bertz CT molecular complexity index is 1500. The summed E-state index contributed by atoms with van der Waals surface area (Å²) in [5.41, 5.74) is 7.12. The summed E-state index contributed by atoms with van der Waals surface area (Å²) in [6, 6.07) is 17.6. The van der Waals surface area contributed by atoms with E-state index in [1.165, 1.54) is 0 Å². The Morgan fingerprint density at radius 1 is 1.00 bits per heavy atom. The molecule has 0 bridgehead atoms. The van der Waals surface area contributed by atoms with Crippen molar-refractivity contribution in [2.75, 3.05) is 11.9 Å². The molecule has 214 valence electrons. The molecule has 0 saturated heterocycles. The van der Waals surface area contributed by atoms with Crippen LogP contribution in [0.5, 0.6) is 0 Å². The average Bonchev–Trinajstić information content (AvgIpc) is 2.88. The smallest absolute Gasteiger partial charge is 0.408 e. The number of carbonyl (C=O) groups is 4. The largest absolute Gasteiger partial charge is 0.444 e. The molecule has 3 aromatic rings. The van der Waals surface area contributed by atoms with Gasteiger partial charge in [0.15, 0.2) is 0 Å². The number of amides is 4. The summed E-state index contributed by atoms with van der Waals surface area (Å²) in [4.78, 5) is 53.4. The van der Waals surface area contributed by atoms with E-state index in [-0.39, 0.29) is 0 Å². The SMILES string of the molecule is Cc1cccc(C(C(=O)Nc2ccc3ccccc3c2)N(CC#N)C(=O)C(CC(N)=O)NC(=O)OC(C)(C)C)c1C. The summed E-state index contributed by atoms with van der Waals surface area (Å²) in [6.07, 6.45) is -1.51. The highest BCUT2D eigenvalue weighted by Gasteiger charge is 2.37. The molecule has 0 fully saturated rings. The Kier molecular flexibility index (Phi) is 9.68. The van der Waals surface area contributed by atoms with Crippen LogP contribution in [0.4, 0.5) is 10.5 Å². The van der Waals surface area contributed by atoms with Gasteiger partial charge in [0.25, 0.3) is 5.91 Å². The van der Waals surface area contributed by atoms with E-state index in [4.69, 9.17) is 10.5 Å². The summed E-state index contributed by atoms with van der Waals surface area (Å²) >= 11 is 0. The zero-order valence-electron chi connectivity index (χ0n) is 23.9. The Morgan fingerprint density at radius 3 is 2.32 bits per heavy atom. The zero-order chi connectivity index (χ0) is 30.3. The number of hydrogen-bond donors (Lipinski definition) is 3. The fraction of sp³-hybridized carbons (Fsp3) is 0.323. The van der Waals surface area contributed by atoms with E-state index in [2.05, 4.69) is 10.6 Å². The third kappa shape index (κ3) is 8.05. The van der Waals surface area contributed by atoms with Gasteiger partial charge >= 0.3 is 6.09 Å². The first-order valence-corrected chi connectivity index (χ1v) is 13.1. The number of carbonyl (C=O) groups excluding carboxylic acids is 4. The minimum Gasteiger partial charge on any atom is -0.444 e. The van der Waals surface area contributed by atoms with Crippen molar-refractivity contribution in [1.82, 2.24) is 10.2 Å². The maximum Gasteiger partial charge on any atom is 0.408 e. The summed E-state index contributed by atoms with van der Waals surface area (Å²) in [6.45, 7) is 8.12. The van der Waals surface area contributed by atoms with E-state index < -0.39 is 54.5 Å². The first-order valence-electron chi connectivity index (χ1n) is 13.1. The van der Waals surface area contributed by atoms with Crippen LogP contribution in [-0.4, -0.2) is 46.9 Å². The topological polar surface area (TPSA) is 155 Å². The maximum absolute atomic E-state index is 14.0. The van der Waals surface area contributed by atoms with E-state index in [0.29, 0.717) is 11.3 Å². The number of alkyl carbamates (subject to hydrolysis) is 1. The number of primary amides is 1. The van der Waals surface area contributed by atoms with Gasteiger partial charge in [0.2, 0.25) is 11.8 Å². The fourth-order valence-corrected chi connectivity index (χ4v) is 4.42. The Balaban J connectivity index is 2.06. The van der Waals surface area contributed by atoms with Gasteiger partial charge in [-0.3, -0.25) is 14.4 Å². The van der Waals surface area contributed by atoms with Crippen molar-refractivity contribution < 1.29 is 23.9 Å². The second-order valence-corrected chi connectivity index (χ2v) is 10.7. The van der Waals surface area contributed by atoms with Gasteiger partial charge in [-0.05, 0) is 74.2 Å². The van der Waals surface area contributed by atoms with Gasteiger partial charge in [-0.15, -0.1) is 0 Å². The van der Waals surface area contributed by atoms with E-state index in [9.17, 15) is 24.4 Å². The van der Waals surface area contributed by atoms with Crippen molar-refractivity contribution in [1.29, 1.82) is 5.26 Å². The van der Waals surface area contributed by atoms with E-state index in [1.54, 1.807) is 39.0 Å². The summed E-state index contributed by atoms with van der Waals surface area (Å²) in [7, 11) is 0. The monoisotopic (exact) mass is 557 g/mol. The van der Waals surface area contributed by atoms with Crippen LogP contribution < -0.4 is 16.4 Å². The molecule has 0 aliphatic rings. The molecular weight excluding hydrogens is 522 g/mol. The Hall–Kier alpha value is -4.91. The van der Waals surface area contributed by atoms with Crippen LogP contribution in [0.25, 0.3) is 10.8 Å². The molecule has 4 N–H and O–H groups in total. The number of ether oxygens (including phenoxy) is 1. The highest BCUT2D eigenvalue weighted by atomic mass is 16.6. The highest BCUT2D eigenvalue weighted by Crippen LogP contribution is 2.29. The van der Waals surface area contributed by atoms with Crippen LogP contribution in [-0.2, 0) is 19.1 Å². The molecule has 2 unspecified atom stereocenters. The molecule has 2 atom stereocenters. The maximum atomic E-state index is 14.0.